The number of pyridine rings is 1. The second-order valence-electron chi connectivity index (χ2n) is 6.65. The van der Waals surface area contributed by atoms with Gasteiger partial charge in [-0.15, -0.1) is 0 Å². The van der Waals surface area contributed by atoms with Gasteiger partial charge >= 0.3 is 0 Å². The molecule has 10 heteroatoms. The summed E-state index contributed by atoms with van der Waals surface area (Å²) in [6.07, 6.45) is 4.64. The van der Waals surface area contributed by atoms with E-state index in [1.807, 2.05) is 29.2 Å². The molecular formula is C20H19N7O2S. The fourth-order valence-corrected chi connectivity index (χ4v) is 4.40. The van der Waals surface area contributed by atoms with Crippen LogP contribution in [0.25, 0.3) is 0 Å². The van der Waals surface area contributed by atoms with Crippen LogP contribution in [0.15, 0.2) is 66.0 Å². The van der Waals surface area contributed by atoms with Gasteiger partial charge in [-0.3, -0.25) is 4.72 Å². The molecule has 0 aliphatic carbocycles. The molecule has 0 spiro atoms. The van der Waals surface area contributed by atoms with Crippen LogP contribution in [-0.4, -0.2) is 49.5 Å². The lowest BCUT2D eigenvalue weighted by atomic mass is 10.2. The van der Waals surface area contributed by atoms with Crippen LogP contribution in [0.5, 0.6) is 0 Å². The number of nitrogens with one attached hydrogen (secondary N) is 1. The van der Waals surface area contributed by atoms with E-state index >= 15 is 0 Å². The second-order valence-corrected chi connectivity index (χ2v) is 8.30. The molecule has 0 unspecified atom stereocenters. The van der Waals surface area contributed by atoms with Gasteiger partial charge in [0.15, 0.2) is 0 Å². The quantitative estimate of drug-likeness (QED) is 0.664. The first kappa shape index (κ1) is 19.6. The summed E-state index contributed by atoms with van der Waals surface area (Å²) >= 11 is 0. The number of rotatable bonds is 5. The van der Waals surface area contributed by atoms with Crippen molar-refractivity contribution in [1.82, 2.24) is 15.0 Å². The lowest BCUT2D eigenvalue weighted by Crippen LogP contribution is -2.47. The van der Waals surface area contributed by atoms with E-state index in [1.165, 1.54) is 24.5 Å². The Balaban J connectivity index is 1.42. The molecule has 152 valence electrons. The van der Waals surface area contributed by atoms with Gasteiger partial charge in [0.1, 0.15) is 16.8 Å². The van der Waals surface area contributed by atoms with Crippen LogP contribution < -0.4 is 14.5 Å². The largest absolute Gasteiger partial charge is 0.353 e. The Labute approximate surface area is 174 Å². The van der Waals surface area contributed by atoms with Gasteiger partial charge < -0.3 is 9.80 Å². The smallest absolute Gasteiger partial charge is 0.263 e. The van der Waals surface area contributed by atoms with Crippen molar-refractivity contribution >= 4 is 27.5 Å². The summed E-state index contributed by atoms with van der Waals surface area (Å²) in [7, 11) is -3.91. The van der Waals surface area contributed by atoms with E-state index in [0.717, 1.165) is 32.0 Å². The first-order valence-electron chi connectivity index (χ1n) is 9.32. The summed E-state index contributed by atoms with van der Waals surface area (Å²) in [4.78, 5) is 17.2. The van der Waals surface area contributed by atoms with Crippen molar-refractivity contribution in [2.75, 3.05) is 40.7 Å². The normalized spacial score (nSPS) is 14.2. The summed E-state index contributed by atoms with van der Waals surface area (Å²) in [5.74, 6) is 1.48. The van der Waals surface area contributed by atoms with E-state index in [9.17, 15) is 8.42 Å². The average Bonchev–Trinajstić information content (AvgIpc) is 2.80. The molecule has 9 nitrogen and oxygen atoms in total. The molecule has 1 saturated heterocycles. The second kappa shape index (κ2) is 8.34. The standard InChI is InChI=1S/C20H19N7O2S/c21-13-16-5-1-2-6-18(16)30(28,29)25-17-14-23-20(24-15-17)27-11-9-26(10-12-27)19-7-3-4-8-22-19/h1-8,14-15,25H,9-12H2. The van der Waals surface area contributed by atoms with E-state index in [2.05, 4.69) is 24.6 Å². The molecular weight excluding hydrogens is 402 g/mol. The summed E-state index contributed by atoms with van der Waals surface area (Å²) in [6.45, 7) is 3.05. The molecule has 30 heavy (non-hydrogen) atoms. The summed E-state index contributed by atoms with van der Waals surface area (Å²) < 4.78 is 27.6. The molecule has 1 aliphatic rings. The van der Waals surface area contributed by atoms with Crippen LogP contribution >= 0.6 is 0 Å². The maximum atomic E-state index is 12.6. The molecule has 0 atom stereocenters. The molecule has 2 aromatic heterocycles. The number of aromatic nitrogens is 3. The Morgan fingerprint density at radius 3 is 2.23 bits per heavy atom. The highest BCUT2D eigenvalue weighted by Gasteiger charge is 2.21. The van der Waals surface area contributed by atoms with Gasteiger partial charge in [0.05, 0.1) is 23.6 Å². The van der Waals surface area contributed by atoms with E-state index in [1.54, 1.807) is 18.3 Å². The van der Waals surface area contributed by atoms with Crippen molar-refractivity contribution in [2.45, 2.75) is 4.90 Å². The van der Waals surface area contributed by atoms with Gasteiger partial charge in [-0.25, -0.2) is 23.4 Å². The third kappa shape index (κ3) is 4.16. The van der Waals surface area contributed by atoms with Crippen molar-refractivity contribution < 1.29 is 8.42 Å². The summed E-state index contributed by atoms with van der Waals surface area (Å²) in [5, 5.41) is 9.14. The van der Waals surface area contributed by atoms with Gasteiger partial charge in [0, 0.05) is 32.4 Å². The lowest BCUT2D eigenvalue weighted by molar-refractivity contribution is 0.601. The first-order valence-corrected chi connectivity index (χ1v) is 10.8. The molecule has 0 amide bonds. The minimum Gasteiger partial charge on any atom is -0.353 e. The predicted molar refractivity (Wildman–Crippen MR) is 113 cm³/mol. The van der Waals surface area contributed by atoms with Crippen molar-refractivity contribution in [2.24, 2.45) is 0 Å². The highest BCUT2D eigenvalue weighted by molar-refractivity contribution is 7.92. The van der Waals surface area contributed by atoms with Crippen LogP contribution in [-0.2, 0) is 10.0 Å². The number of hydrogen-bond donors (Lipinski definition) is 1. The van der Waals surface area contributed by atoms with Crippen molar-refractivity contribution in [3.05, 3.63) is 66.6 Å². The molecule has 0 radical (unpaired) electrons. The number of piperazine rings is 1. The maximum Gasteiger partial charge on any atom is 0.263 e. The van der Waals surface area contributed by atoms with Crippen LogP contribution in [0.4, 0.5) is 17.5 Å². The minimum atomic E-state index is -3.91. The van der Waals surface area contributed by atoms with Crippen LogP contribution in [0.1, 0.15) is 5.56 Å². The zero-order chi connectivity index (χ0) is 21.0. The Hall–Kier alpha value is -3.71. The van der Waals surface area contributed by atoms with Gasteiger partial charge in [0.25, 0.3) is 10.0 Å². The van der Waals surface area contributed by atoms with Crippen LogP contribution in [0.3, 0.4) is 0 Å². The van der Waals surface area contributed by atoms with Crippen molar-refractivity contribution in [3.8, 4) is 6.07 Å². The fourth-order valence-electron chi connectivity index (χ4n) is 3.22. The number of benzene rings is 1. The third-order valence-electron chi connectivity index (χ3n) is 4.72. The van der Waals surface area contributed by atoms with Crippen molar-refractivity contribution in [3.63, 3.8) is 0 Å². The van der Waals surface area contributed by atoms with E-state index in [-0.39, 0.29) is 16.1 Å². The molecule has 1 N–H and O–H groups in total. The third-order valence-corrected chi connectivity index (χ3v) is 6.16. The highest BCUT2D eigenvalue weighted by Crippen LogP contribution is 2.20. The first-order chi connectivity index (χ1) is 14.6. The Bertz CT molecular complexity index is 1150. The number of sulfonamides is 1. The van der Waals surface area contributed by atoms with Gasteiger partial charge in [-0.05, 0) is 24.3 Å². The van der Waals surface area contributed by atoms with Crippen molar-refractivity contribution in [1.29, 1.82) is 5.26 Å². The Morgan fingerprint density at radius 1 is 0.900 bits per heavy atom. The lowest BCUT2D eigenvalue weighted by Gasteiger charge is -2.35. The van der Waals surface area contributed by atoms with Gasteiger partial charge in [0.2, 0.25) is 5.95 Å². The Kier molecular flexibility index (Phi) is 5.45. The van der Waals surface area contributed by atoms with Gasteiger partial charge in [-0.1, -0.05) is 18.2 Å². The number of nitriles is 1. The van der Waals surface area contributed by atoms with E-state index in [4.69, 9.17) is 5.26 Å². The minimum absolute atomic E-state index is 0.0771. The highest BCUT2D eigenvalue weighted by atomic mass is 32.2. The molecule has 0 saturated carbocycles. The number of nitrogens with zero attached hydrogens (tertiary/aromatic N) is 6. The molecule has 1 fully saturated rings. The fraction of sp³-hybridized carbons (Fsp3) is 0.200. The van der Waals surface area contributed by atoms with E-state index < -0.39 is 10.0 Å². The number of anilines is 3. The summed E-state index contributed by atoms with van der Waals surface area (Å²) in [5.41, 5.74) is 0.312. The predicted octanol–water partition coefficient (Wildman–Crippen LogP) is 1.87. The summed E-state index contributed by atoms with van der Waals surface area (Å²) in [6, 6.07) is 13.8. The molecule has 3 heterocycles. The maximum absolute atomic E-state index is 12.6. The average molecular weight is 421 g/mol. The van der Waals surface area contributed by atoms with Crippen LogP contribution in [0, 0.1) is 11.3 Å². The number of hydrogen-bond acceptors (Lipinski definition) is 8. The zero-order valence-corrected chi connectivity index (χ0v) is 16.8. The van der Waals surface area contributed by atoms with E-state index in [0.29, 0.717) is 5.95 Å². The molecule has 4 rings (SSSR count). The monoisotopic (exact) mass is 421 g/mol. The molecule has 0 bridgehead atoms. The molecule has 1 aliphatic heterocycles. The molecule has 3 aromatic rings. The molecule has 1 aromatic carbocycles. The Morgan fingerprint density at radius 2 is 1.57 bits per heavy atom. The van der Waals surface area contributed by atoms with Crippen LogP contribution in [0.2, 0.25) is 0 Å². The van der Waals surface area contributed by atoms with Gasteiger partial charge in [-0.2, -0.15) is 5.26 Å². The SMILES string of the molecule is N#Cc1ccccc1S(=O)(=O)Nc1cnc(N2CCN(c3ccccn3)CC2)nc1. The zero-order valence-electron chi connectivity index (χ0n) is 16.0. The topological polar surface area (TPSA) is 115 Å².